The molecule has 2 heterocycles. The van der Waals surface area contributed by atoms with Crippen LogP contribution < -0.4 is 10.6 Å². The summed E-state index contributed by atoms with van der Waals surface area (Å²) in [7, 11) is 0. The highest BCUT2D eigenvalue weighted by atomic mass is 35.5. The van der Waals surface area contributed by atoms with Crippen molar-refractivity contribution in [2.75, 3.05) is 13.1 Å². The monoisotopic (exact) mass is 359 g/mol. The van der Waals surface area contributed by atoms with Gasteiger partial charge in [-0.1, -0.05) is 11.6 Å². The molecule has 1 aliphatic carbocycles. The highest BCUT2D eigenvalue weighted by molar-refractivity contribution is 6.30. The lowest BCUT2D eigenvalue weighted by Gasteiger charge is -2.23. The molecular formula is C19H22ClN3O2. The number of halogens is 1. The zero-order valence-electron chi connectivity index (χ0n) is 14.3. The van der Waals surface area contributed by atoms with Crippen molar-refractivity contribution in [1.82, 2.24) is 15.6 Å². The zero-order valence-corrected chi connectivity index (χ0v) is 15.0. The van der Waals surface area contributed by atoms with Crippen molar-refractivity contribution in [2.45, 2.75) is 32.7 Å². The highest BCUT2D eigenvalue weighted by Gasteiger charge is 2.57. The number of aromatic nitrogens is 1. The molecule has 1 atom stereocenters. The van der Waals surface area contributed by atoms with E-state index in [1.54, 1.807) is 0 Å². The van der Waals surface area contributed by atoms with Crippen molar-refractivity contribution >= 4 is 17.5 Å². The van der Waals surface area contributed by atoms with Gasteiger partial charge in [-0.2, -0.15) is 0 Å². The Hall–Kier alpha value is -1.85. The molecule has 1 aliphatic heterocycles. The minimum Gasteiger partial charge on any atom is -0.438 e. The van der Waals surface area contributed by atoms with Crippen LogP contribution in [0.25, 0.3) is 11.3 Å². The summed E-state index contributed by atoms with van der Waals surface area (Å²) in [6.07, 6.45) is 3.22. The van der Waals surface area contributed by atoms with Gasteiger partial charge in [-0.25, -0.2) is 4.98 Å². The summed E-state index contributed by atoms with van der Waals surface area (Å²) in [5.41, 5.74) is 1.99. The molecule has 2 fully saturated rings. The smallest absolute Gasteiger partial charge is 0.224 e. The third-order valence-electron chi connectivity index (χ3n) is 5.47. The fourth-order valence-electron chi connectivity index (χ4n) is 3.88. The number of hydrogen-bond acceptors (Lipinski definition) is 4. The Bertz CT molecular complexity index is 778. The van der Waals surface area contributed by atoms with E-state index in [0.717, 1.165) is 49.4 Å². The van der Waals surface area contributed by atoms with E-state index >= 15 is 0 Å². The summed E-state index contributed by atoms with van der Waals surface area (Å²) in [4.78, 5) is 16.9. The number of oxazole rings is 1. The van der Waals surface area contributed by atoms with Crippen LogP contribution in [0.2, 0.25) is 5.02 Å². The molecule has 2 aliphatic rings. The molecule has 132 valence electrons. The Morgan fingerprint density at radius 1 is 1.36 bits per heavy atom. The molecule has 1 saturated heterocycles. The average molecular weight is 360 g/mol. The molecule has 6 heteroatoms. The Balaban J connectivity index is 1.38. The molecule has 2 N–H and O–H groups in total. The van der Waals surface area contributed by atoms with Gasteiger partial charge in [0.25, 0.3) is 0 Å². The van der Waals surface area contributed by atoms with Crippen LogP contribution in [-0.2, 0) is 11.3 Å². The van der Waals surface area contributed by atoms with Crippen LogP contribution in [0.1, 0.15) is 30.8 Å². The number of benzene rings is 1. The van der Waals surface area contributed by atoms with Gasteiger partial charge in [-0.05, 0) is 69.0 Å². The normalized spacial score (nSPS) is 21.3. The molecule has 2 aromatic rings. The van der Waals surface area contributed by atoms with Crippen LogP contribution in [-0.4, -0.2) is 24.0 Å². The number of nitrogens with zero attached hydrogens (tertiary/aromatic N) is 1. The first kappa shape index (κ1) is 16.6. The van der Waals surface area contributed by atoms with Crippen LogP contribution in [0.3, 0.4) is 0 Å². The first-order chi connectivity index (χ1) is 12.1. The van der Waals surface area contributed by atoms with Crippen molar-refractivity contribution in [3.63, 3.8) is 0 Å². The minimum absolute atomic E-state index is 0.130. The first-order valence-corrected chi connectivity index (χ1v) is 9.16. The number of aryl methyl sites for hydroxylation is 1. The number of piperidine rings is 1. The number of amides is 1. The van der Waals surface area contributed by atoms with Crippen molar-refractivity contribution in [3.05, 3.63) is 40.9 Å². The van der Waals surface area contributed by atoms with E-state index in [0.29, 0.717) is 17.5 Å². The SMILES string of the molecule is Cc1nc(CNC(=O)C2CC23CCNCC3)oc1-c1ccc(Cl)cc1. The minimum atomic E-state index is 0.130. The maximum atomic E-state index is 12.4. The maximum absolute atomic E-state index is 12.4. The van der Waals surface area contributed by atoms with Crippen LogP contribution >= 0.6 is 11.6 Å². The predicted octanol–water partition coefficient (Wildman–Crippen LogP) is 3.31. The van der Waals surface area contributed by atoms with Gasteiger partial charge in [0, 0.05) is 16.5 Å². The predicted molar refractivity (Wildman–Crippen MR) is 96.2 cm³/mol. The Morgan fingerprint density at radius 2 is 2.08 bits per heavy atom. The quantitative estimate of drug-likeness (QED) is 0.878. The van der Waals surface area contributed by atoms with Crippen molar-refractivity contribution < 1.29 is 9.21 Å². The molecule has 1 aromatic carbocycles. The molecule has 1 amide bonds. The maximum Gasteiger partial charge on any atom is 0.224 e. The van der Waals surface area contributed by atoms with Gasteiger partial charge in [0.2, 0.25) is 11.8 Å². The van der Waals surface area contributed by atoms with Gasteiger partial charge >= 0.3 is 0 Å². The van der Waals surface area contributed by atoms with Crippen LogP contribution in [0, 0.1) is 18.3 Å². The summed E-state index contributed by atoms with van der Waals surface area (Å²) in [5, 5.41) is 7.04. The van der Waals surface area contributed by atoms with E-state index in [-0.39, 0.29) is 17.2 Å². The van der Waals surface area contributed by atoms with E-state index in [2.05, 4.69) is 15.6 Å². The summed E-state index contributed by atoms with van der Waals surface area (Å²) in [6, 6.07) is 7.46. The van der Waals surface area contributed by atoms with Crippen LogP contribution in [0.15, 0.2) is 28.7 Å². The number of carbonyl (C=O) groups is 1. The second kappa shape index (κ2) is 6.46. The van der Waals surface area contributed by atoms with Gasteiger partial charge in [0.1, 0.15) is 0 Å². The van der Waals surface area contributed by atoms with E-state index in [9.17, 15) is 4.79 Å². The average Bonchev–Trinajstić information content (AvgIpc) is 3.17. The van der Waals surface area contributed by atoms with Crippen LogP contribution in [0.5, 0.6) is 0 Å². The van der Waals surface area contributed by atoms with E-state index < -0.39 is 0 Å². The van der Waals surface area contributed by atoms with Gasteiger partial charge in [0.15, 0.2) is 5.76 Å². The number of carbonyl (C=O) groups excluding carboxylic acids is 1. The summed E-state index contributed by atoms with van der Waals surface area (Å²) in [6.45, 7) is 4.28. The van der Waals surface area contributed by atoms with Gasteiger partial charge in [-0.15, -0.1) is 0 Å². The van der Waals surface area contributed by atoms with E-state index in [1.165, 1.54) is 0 Å². The second-order valence-electron chi connectivity index (χ2n) is 7.12. The number of nitrogens with one attached hydrogen (secondary N) is 2. The first-order valence-electron chi connectivity index (χ1n) is 8.78. The van der Waals surface area contributed by atoms with Crippen molar-refractivity contribution in [1.29, 1.82) is 0 Å². The lowest BCUT2D eigenvalue weighted by atomic mass is 9.92. The fourth-order valence-corrected chi connectivity index (χ4v) is 4.00. The summed E-state index contributed by atoms with van der Waals surface area (Å²) < 4.78 is 5.85. The Labute approximate surface area is 152 Å². The summed E-state index contributed by atoms with van der Waals surface area (Å²) in [5.74, 6) is 1.55. The molecule has 1 unspecified atom stereocenters. The molecule has 1 spiro atoms. The lowest BCUT2D eigenvalue weighted by molar-refractivity contribution is -0.123. The van der Waals surface area contributed by atoms with Gasteiger partial charge < -0.3 is 15.1 Å². The number of hydrogen-bond donors (Lipinski definition) is 2. The molecular weight excluding hydrogens is 338 g/mol. The zero-order chi connectivity index (χ0) is 17.4. The number of rotatable bonds is 4. The van der Waals surface area contributed by atoms with Crippen molar-refractivity contribution in [3.8, 4) is 11.3 Å². The molecule has 5 nitrogen and oxygen atoms in total. The lowest BCUT2D eigenvalue weighted by Crippen LogP contribution is -2.33. The van der Waals surface area contributed by atoms with E-state index in [1.807, 2.05) is 31.2 Å². The topological polar surface area (TPSA) is 67.2 Å². The van der Waals surface area contributed by atoms with Gasteiger partial charge in [-0.3, -0.25) is 4.79 Å². The fraction of sp³-hybridized carbons (Fsp3) is 0.474. The molecule has 1 saturated carbocycles. The Kier molecular flexibility index (Phi) is 4.29. The molecule has 1 aromatic heterocycles. The molecule has 4 rings (SSSR count). The second-order valence-corrected chi connectivity index (χ2v) is 7.55. The Morgan fingerprint density at radius 3 is 2.80 bits per heavy atom. The molecule has 0 radical (unpaired) electrons. The van der Waals surface area contributed by atoms with Crippen molar-refractivity contribution in [2.24, 2.45) is 11.3 Å². The largest absolute Gasteiger partial charge is 0.438 e. The third kappa shape index (κ3) is 3.31. The summed E-state index contributed by atoms with van der Waals surface area (Å²) >= 11 is 5.93. The highest BCUT2D eigenvalue weighted by Crippen LogP contribution is 2.58. The molecule has 25 heavy (non-hydrogen) atoms. The third-order valence-corrected chi connectivity index (χ3v) is 5.72. The van der Waals surface area contributed by atoms with Gasteiger partial charge in [0.05, 0.1) is 12.2 Å². The van der Waals surface area contributed by atoms with Crippen LogP contribution in [0.4, 0.5) is 0 Å². The van der Waals surface area contributed by atoms with E-state index in [4.69, 9.17) is 16.0 Å². The molecule has 0 bridgehead atoms. The standard InChI is InChI=1S/C19H22ClN3O2/c1-12-17(13-2-4-14(20)5-3-13)25-16(23-12)11-22-18(24)15-10-19(15)6-8-21-9-7-19/h2-5,15,21H,6-11H2,1H3,(H,22,24).